The van der Waals surface area contributed by atoms with Crippen molar-refractivity contribution in [2.75, 3.05) is 0 Å². The first-order valence-electron chi connectivity index (χ1n) is 4.37. The summed E-state index contributed by atoms with van der Waals surface area (Å²) in [6.45, 7) is -0.0878. The van der Waals surface area contributed by atoms with Gasteiger partial charge in [0.05, 0.1) is 17.4 Å². The number of rotatable bonds is 3. The molecule has 0 amide bonds. The second kappa shape index (κ2) is 3.93. The van der Waals surface area contributed by atoms with Gasteiger partial charge in [0.2, 0.25) is 0 Å². The number of nitrogens with zero attached hydrogens (tertiary/aromatic N) is 5. The smallest absolute Gasteiger partial charge is 0.358 e. The highest BCUT2D eigenvalue weighted by atomic mass is 16.6. The topological polar surface area (TPSA) is 95.9 Å². The Balaban J connectivity index is 2.09. The summed E-state index contributed by atoms with van der Waals surface area (Å²) >= 11 is 0. The van der Waals surface area contributed by atoms with Gasteiger partial charge < -0.3 is 10.1 Å². The lowest BCUT2D eigenvalue weighted by Gasteiger charge is -1.96. The maximum Gasteiger partial charge on any atom is 0.389 e. The minimum Gasteiger partial charge on any atom is -0.358 e. The highest BCUT2D eigenvalue weighted by molar-refractivity contribution is 5.77. The zero-order valence-electron chi connectivity index (χ0n) is 8.05. The number of carbonyl (C=O) groups excluding carboxylic acids is 1. The Morgan fingerprint density at radius 1 is 1.50 bits per heavy atom. The molecule has 0 saturated heterocycles. The summed E-state index contributed by atoms with van der Waals surface area (Å²) in [5.74, 6) is -0.601. The van der Waals surface area contributed by atoms with E-state index in [0.29, 0.717) is 0 Å². The van der Waals surface area contributed by atoms with Crippen LogP contribution in [0.3, 0.4) is 0 Å². The predicted molar refractivity (Wildman–Crippen MR) is 51.7 cm³/mol. The third kappa shape index (κ3) is 1.95. The fraction of sp³-hybridized carbons (Fsp3) is 0.125. The summed E-state index contributed by atoms with van der Waals surface area (Å²) in [6.07, 6.45) is 4.35. The molecule has 0 atom stereocenters. The maximum atomic E-state index is 11.5. The van der Waals surface area contributed by atoms with Crippen LogP contribution in [-0.2, 0) is 6.54 Å². The van der Waals surface area contributed by atoms with Crippen LogP contribution in [-0.4, -0.2) is 30.4 Å². The molecule has 0 aliphatic heterocycles. The van der Waals surface area contributed by atoms with Gasteiger partial charge in [0.1, 0.15) is 6.54 Å². The molecule has 8 heteroatoms. The van der Waals surface area contributed by atoms with Crippen molar-refractivity contribution < 1.29 is 9.72 Å². The van der Waals surface area contributed by atoms with E-state index in [9.17, 15) is 14.9 Å². The minimum absolute atomic E-state index is 0.0878. The Labute approximate surface area is 89.2 Å². The molecule has 82 valence electrons. The molecule has 16 heavy (non-hydrogen) atoms. The summed E-state index contributed by atoms with van der Waals surface area (Å²) in [5, 5.41) is 17.7. The molecule has 2 heterocycles. The molecular weight excluding hydrogens is 214 g/mol. The number of nitro groups is 1. The van der Waals surface area contributed by atoms with Gasteiger partial charge in [-0.15, -0.1) is 0 Å². The van der Waals surface area contributed by atoms with Crippen LogP contribution in [0.15, 0.2) is 30.7 Å². The molecule has 0 saturated carbocycles. The highest BCUT2D eigenvalue weighted by Gasteiger charge is 2.14. The summed E-state index contributed by atoms with van der Waals surface area (Å²) in [7, 11) is 0. The van der Waals surface area contributed by atoms with E-state index >= 15 is 0 Å². The van der Waals surface area contributed by atoms with Crippen LogP contribution in [0.4, 0.5) is 5.82 Å². The molecule has 0 fully saturated rings. The van der Waals surface area contributed by atoms with E-state index in [4.69, 9.17) is 0 Å². The second-order valence-corrected chi connectivity index (χ2v) is 2.97. The lowest BCUT2D eigenvalue weighted by atomic mass is 10.6. The van der Waals surface area contributed by atoms with E-state index in [0.717, 1.165) is 4.68 Å². The fourth-order valence-electron chi connectivity index (χ4n) is 1.16. The van der Waals surface area contributed by atoms with E-state index in [1.54, 1.807) is 6.07 Å². The molecule has 2 rings (SSSR count). The zero-order chi connectivity index (χ0) is 11.5. The summed E-state index contributed by atoms with van der Waals surface area (Å²) in [4.78, 5) is 21.3. The molecule has 2 aromatic rings. The molecule has 0 bridgehead atoms. The molecule has 0 unspecified atom stereocenters. The molecule has 0 aliphatic rings. The van der Waals surface area contributed by atoms with Crippen LogP contribution >= 0.6 is 0 Å². The van der Waals surface area contributed by atoms with E-state index in [2.05, 4.69) is 10.2 Å². The number of hydrogen-bond acceptors (Lipinski definition) is 5. The van der Waals surface area contributed by atoms with Crippen molar-refractivity contribution in [1.82, 2.24) is 19.6 Å². The van der Waals surface area contributed by atoms with Gasteiger partial charge in [-0.05, 0) is 11.0 Å². The fourth-order valence-corrected chi connectivity index (χ4v) is 1.16. The molecule has 0 radical (unpaired) electrons. The SMILES string of the molecule is O=C(Cn1ccc([N+](=O)[O-])n1)n1cccn1. The van der Waals surface area contributed by atoms with Crippen LogP contribution in [0.1, 0.15) is 4.79 Å². The molecule has 0 spiro atoms. The third-order valence-electron chi connectivity index (χ3n) is 1.87. The molecule has 0 N–H and O–H groups in total. The molecule has 0 aliphatic carbocycles. The zero-order valence-corrected chi connectivity index (χ0v) is 8.05. The lowest BCUT2D eigenvalue weighted by Crippen LogP contribution is -2.18. The Kier molecular flexibility index (Phi) is 2.46. The van der Waals surface area contributed by atoms with E-state index in [-0.39, 0.29) is 18.3 Å². The first-order chi connectivity index (χ1) is 7.66. The van der Waals surface area contributed by atoms with Crippen molar-refractivity contribution in [3.05, 3.63) is 40.8 Å². The maximum absolute atomic E-state index is 11.5. The summed E-state index contributed by atoms with van der Waals surface area (Å²) < 4.78 is 2.34. The third-order valence-corrected chi connectivity index (χ3v) is 1.87. The van der Waals surface area contributed by atoms with E-state index < -0.39 is 4.92 Å². The van der Waals surface area contributed by atoms with Crippen LogP contribution in [0, 0.1) is 10.1 Å². The van der Waals surface area contributed by atoms with Gasteiger partial charge in [-0.25, -0.2) is 4.68 Å². The second-order valence-electron chi connectivity index (χ2n) is 2.97. The predicted octanol–water partition coefficient (Wildman–Crippen LogP) is 0.328. The summed E-state index contributed by atoms with van der Waals surface area (Å²) in [5.41, 5.74) is 0. The first-order valence-corrected chi connectivity index (χ1v) is 4.37. The van der Waals surface area contributed by atoms with Crippen LogP contribution in [0.25, 0.3) is 0 Å². The van der Waals surface area contributed by atoms with Crippen LogP contribution < -0.4 is 0 Å². The molecule has 2 aromatic heterocycles. The normalized spacial score (nSPS) is 10.2. The first kappa shape index (κ1) is 10.0. The van der Waals surface area contributed by atoms with Gasteiger partial charge in [-0.1, -0.05) is 0 Å². The number of carbonyl (C=O) groups is 1. The van der Waals surface area contributed by atoms with Gasteiger partial charge in [-0.2, -0.15) is 9.78 Å². The molecule has 0 aromatic carbocycles. The van der Waals surface area contributed by atoms with Crippen molar-refractivity contribution in [1.29, 1.82) is 0 Å². The number of hydrogen-bond donors (Lipinski definition) is 0. The number of aromatic nitrogens is 4. The van der Waals surface area contributed by atoms with Crippen LogP contribution in [0.2, 0.25) is 0 Å². The Hall–Kier alpha value is -2.51. The van der Waals surface area contributed by atoms with E-state index in [1.165, 1.54) is 29.3 Å². The average molecular weight is 221 g/mol. The van der Waals surface area contributed by atoms with Gasteiger partial charge in [-0.3, -0.25) is 4.79 Å². The van der Waals surface area contributed by atoms with Crippen molar-refractivity contribution in [3.8, 4) is 0 Å². The Bertz CT molecular complexity index is 516. The van der Waals surface area contributed by atoms with Crippen LogP contribution in [0.5, 0.6) is 0 Å². The van der Waals surface area contributed by atoms with E-state index in [1.807, 2.05) is 0 Å². The van der Waals surface area contributed by atoms with Gasteiger partial charge in [0, 0.05) is 12.4 Å². The van der Waals surface area contributed by atoms with Crippen molar-refractivity contribution in [3.63, 3.8) is 0 Å². The van der Waals surface area contributed by atoms with Crippen molar-refractivity contribution in [2.45, 2.75) is 6.54 Å². The van der Waals surface area contributed by atoms with Gasteiger partial charge in [0.15, 0.2) is 0 Å². The monoisotopic (exact) mass is 221 g/mol. The Morgan fingerprint density at radius 2 is 2.31 bits per heavy atom. The molecule has 8 nitrogen and oxygen atoms in total. The summed E-state index contributed by atoms with van der Waals surface area (Å²) in [6, 6.07) is 2.85. The standard InChI is InChI=1S/C8H7N5O3/c14-8(12-4-1-3-9-12)6-11-5-2-7(10-11)13(15)16/h1-5H,6H2. The van der Waals surface area contributed by atoms with Gasteiger partial charge >= 0.3 is 5.82 Å². The van der Waals surface area contributed by atoms with Gasteiger partial charge in [0.25, 0.3) is 5.91 Å². The average Bonchev–Trinajstić information content (AvgIpc) is 2.87. The van der Waals surface area contributed by atoms with Crippen molar-refractivity contribution >= 4 is 11.7 Å². The molecular formula is C8H7N5O3. The quantitative estimate of drug-likeness (QED) is 0.549. The highest BCUT2D eigenvalue weighted by Crippen LogP contribution is 2.05. The Morgan fingerprint density at radius 3 is 2.88 bits per heavy atom. The van der Waals surface area contributed by atoms with Crippen molar-refractivity contribution in [2.24, 2.45) is 0 Å². The lowest BCUT2D eigenvalue weighted by molar-refractivity contribution is -0.389. The minimum atomic E-state index is -0.616. The largest absolute Gasteiger partial charge is 0.389 e.